The molecule has 0 spiro atoms. The van der Waals surface area contributed by atoms with E-state index in [1.54, 1.807) is 11.9 Å². The second-order valence-corrected chi connectivity index (χ2v) is 2.91. The summed E-state index contributed by atoms with van der Waals surface area (Å²) in [6.45, 7) is 3.32. The van der Waals surface area contributed by atoms with Gasteiger partial charge in [-0.1, -0.05) is 0 Å². The first-order chi connectivity index (χ1) is 6.06. The van der Waals surface area contributed by atoms with E-state index in [1.807, 2.05) is 6.92 Å². The van der Waals surface area contributed by atoms with Crippen LogP contribution in [0.15, 0.2) is 0 Å². The zero-order valence-electron chi connectivity index (χ0n) is 8.17. The van der Waals surface area contributed by atoms with Crippen molar-refractivity contribution in [3.05, 3.63) is 0 Å². The maximum absolute atomic E-state index is 11.0. The van der Waals surface area contributed by atoms with Gasteiger partial charge in [-0.05, 0) is 14.0 Å². The van der Waals surface area contributed by atoms with Crippen molar-refractivity contribution in [2.75, 3.05) is 26.7 Å². The molecule has 0 bridgehead atoms. The highest BCUT2D eigenvalue weighted by molar-refractivity contribution is 5.78. The van der Waals surface area contributed by atoms with Crippen molar-refractivity contribution in [2.24, 2.45) is 5.73 Å². The summed E-state index contributed by atoms with van der Waals surface area (Å²) in [7, 11) is 1.78. The molecule has 2 amide bonds. The molecule has 0 rings (SSSR count). The van der Waals surface area contributed by atoms with E-state index in [-0.39, 0.29) is 18.2 Å². The van der Waals surface area contributed by atoms with Gasteiger partial charge in [0.1, 0.15) is 0 Å². The van der Waals surface area contributed by atoms with E-state index >= 15 is 0 Å². The van der Waals surface area contributed by atoms with Crippen molar-refractivity contribution >= 4 is 11.8 Å². The van der Waals surface area contributed by atoms with Crippen LogP contribution in [0, 0.1) is 0 Å². The summed E-state index contributed by atoms with van der Waals surface area (Å²) in [6.07, 6.45) is 0.288. The Morgan fingerprint density at radius 2 is 2.08 bits per heavy atom. The Balaban J connectivity index is 3.55. The number of carbonyl (C=O) groups is 2. The van der Waals surface area contributed by atoms with Gasteiger partial charge in [-0.2, -0.15) is 0 Å². The first-order valence-corrected chi connectivity index (χ1v) is 4.29. The molecular weight excluding hydrogens is 170 g/mol. The van der Waals surface area contributed by atoms with Crippen molar-refractivity contribution in [3.8, 4) is 0 Å². The van der Waals surface area contributed by atoms with E-state index in [2.05, 4.69) is 5.32 Å². The van der Waals surface area contributed by atoms with Gasteiger partial charge in [-0.25, -0.2) is 0 Å². The molecule has 0 unspecified atom stereocenters. The SMILES string of the molecule is CCNC(=O)CN(C)CCC(N)=O. The number of nitrogens with zero attached hydrogens (tertiary/aromatic N) is 1. The molecule has 0 heterocycles. The lowest BCUT2D eigenvalue weighted by atomic mass is 10.4. The van der Waals surface area contributed by atoms with Gasteiger partial charge in [0.05, 0.1) is 6.54 Å². The Morgan fingerprint density at radius 3 is 2.54 bits per heavy atom. The summed E-state index contributed by atoms with van der Waals surface area (Å²) in [5.74, 6) is -0.378. The molecule has 0 fully saturated rings. The first-order valence-electron chi connectivity index (χ1n) is 4.29. The molecule has 0 aromatic carbocycles. The maximum atomic E-state index is 11.0. The van der Waals surface area contributed by atoms with Crippen LogP contribution in [0.25, 0.3) is 0 Å². The standard InChI is InChI=1S/C8H17N3O2/c1-3-10-8(13)6-11(2)5-4-7(9)12/h3-6H2,1-2H3,(H2,9,12)(H,10,13). The summed E-state index contributed by atoms with van der Waals surface area (Å²) in [6, 6.07) is 0. The predicted molar refractivity (Wildman–Crippen MR) is 50.0 cm³/mol. The van der Waals surface area contributed by atoms with Crippen molar-refractivity contribution in [3.63, 3.8) is 0 Å². The number of likely N-dealkylation sites (N-methyl/N-ethyl adjacent to an activating group) is 2. The number of nitrogens with two attached hydrogens (primary N) is 1. The van der Waals surface area contributed by atoms with Crippen LogP contribution < -0.4 is 11.1 Å². The molecule has 0 atom stereocenters. The van der Waals surface area contributed by atoms with Crippen LogP contribution in [0.4, 0.5) is 0 Å². The topological polar surface area (TPSA) is 75.4 Å². The molecule has 76 valence electrons. The number of carbonyl (C=O) groups excluding carboxylic acids is 2. The quantitative estimate of drug-likeness (QED) is 0.556. The summed E-state index contributed by atoms with van der Waals surface area (Å²) >= 11 is 0. The molecular formula is C8H17N3O2. The van der Waals surface area contributed by atoms with E-state index in [0.29, 0.717) is 19.6 Å². The molecule has 0 aliphatic carbocycles. The lowest BCUT2D eigenvalue weighted by molar-refractivity contribution is -0.123. The highest BCUT2D eigenvalue weighted by atomic mass is 16.2. The summed E-state index contributed by atoms with van der Waals surface area (Å²) < 4.78 is 0. The number of primary amides is 1. The number of rotatable bonds is 6. The molecule has 3 N–H and O–H groups in total. The minimum atomic E-state index is -0.345. The van der Waals surface area contributed by atoms with Gasteiger partial charge in [0, 0.05) is 19.5 Å². The number of amides is 2. The average Bonchev–Trinajstić information content (AvgIpc) is 2.01. The van der Waals surface area contributed by atoms with Crippen LogP contribution in [0.1, 0.15) is 13.3 Å². The molecule has 13 heavy (non-hydrogen) atoms. The van der Waals surface area contributed by atoms with Crippen LogP contribution in [0.2, 0.25) is 0 Å². The molecule has 0 radical (unpaired) electrons. The van der Waals surface area contributed by atoms with Crippen LogP contribution in [-0.2, 0) is 9.59 Å². The fraction of sp³-hybridized carbons (Fsp3) is 0.750. The third-order valence-corrected chi connectivity index (χ3v) is 1.53. The normalized spacial score (nSPS) is 10.1. The second kappa shape index (κ2) is 6.42. The molecule has 0 aliphatic heterocycles. The summed E-state index contributed by atoms with van der Waals surface area (Å²) in [4.78, 5) is 23.2. The van der Waals surface area contributed by atoms with Gasteiger partial charge in [-0.15, -0.1) is 0 Å². The monoisotopic (exact) mass is 187 g/mol. The third-order valence-electron chi connectivity index (χ3n) is 1.53. The van der Waals surface area contributed by atoms with Crippen LogP contribution in [0.3, 0.4) is 0 Å². The molecule has 0 aromatic rings. The highest BCUT2D eigenvalue weighted by Gasteiger charge is 2.05. The molecule has 0 saturated heterocycles. The number of nitrogens with one attached hydrogen (secondary N) is 1. The van der Waals surface area contributed by atoms with Crippen LogP contribution >= 0.6 is 0 Å². The number of hydrogen-bond acceptors (Lipinski definition) is 3. The largest absolute Gasteiger partial charge is 0.370 e. The van der Waals surface area contributed by atoms with Crippen molar-refractivity contribution in [1.29, 1.82) is 0 Å². The van der Waals surface area contributed by atoms with Crippen molar-refractivity contribution < 1.29 is 9.59 Å². The Bertz CT molecular complexity index is 182. The van der Waals surface area contributed by atoms with E-state index in [1.165, 1.54) is 0 Å². The Kier molecular flexibility index (Phi) is 5.88. The summed E-state index contributed by atoms with van der Waals surface area (Å²) in [5, 5.41) is 2.67. The minimum absolute atomic E-state index is 0.0329. The van der Waals surface area contributed by atoms with Gasteiger partial charge in [-0.3, -0.25) is 14.5 Å². The lowest BCUT2D eigenvalue weighted by Crippen LogP contribution is -2.36. The fourth-order valence-electron chi connectivity index (χ4n) is 0.878. The van der Waals surface area contributed by atoms with E-state index in [4.69, 9.17) is 5.73 Å². The molecule has 0 saturated carbocycles. The van der Waals surface area contributed by atoms with Gasteiger partial charge in [0.25, 0.3) is 0 Å². The highest BCUT2D eigenvalue weighted by Crippen LogP contribution is 1.85. The molecule has 5 heteroatoms. The van der Waals surface area contributed by atoms with E-state index < -0.39 is 0 Å². The molecule has 5 nitrogen and oxygen atoms in total. The maximum Gasteiger partial charge on any atom is 0.234 e. The van der Waals surface area contributed by atoms with E-state index in [0.717, 1.165) is 0 Å². The Morgan fingerprint density at radius 1 is 1.46 bits per heavy atom. The smallest absolute Gasteiger partial charge is 0.234 e. The van der Waals surface area contributed by atoms with Crippen LogP contribution in [0.5, 0.6) is 0 Å². The van der Waals surface area contributed by atoms with Crippen molar-refractivity contribution in [2.45, 2.75) is 13.3 Å². The summed E-state index contributed by atoms with van der Waals surface area (Å²) in [5.41, 5.74) is 4.96. The zero-order chi connectivity index (χ0) is 10.3. The third kappa shape index (κ3) is 7.27. The van der Waals surface area contributed by atoms with Gasteiger partial charge in [0.2, 0.25) is 11.8 Å². The predicted octanol–water partition coefficient (Wildman–Crippen LogP) is -1.07. The van der Waals surface area contributed by atoms with Gasteiger partial charge >= 0.3 is 0 Å². The second-order valence-electron chi connectivity index (χ2n) is 2.91. The van der Waals surface area contributed by atoms with Crippen LogP contribution in [-0.4, -0.2) is 43.4 Å². The molecule has 0 aliphatic rings. The molecule has 0 aromatic heterocycles. The lowest BCUT2D eigenvalue weighted by Gasteiger charge is -2.14. The van der Waals surface area contributed by atoms with Gasteiger partial charge in [0.15, 0.2) is 0 Å². The first kappa shape index (κ1) is 11.9. The number of hydrogen-bond donors (Lipinski definition) is 2. The average molecular weight is 187 g/mol. The van der Waals surface area contributed by atoms with Crippen molar-refractivity contribution in [1.82, 2.24) is 10.2 Å². The van der Waals surface area contributed by atoms with E-state index in [9.17, 15) is 9.59 Å². The fourth-order valence-corrected chi connectivity index (χ4v) is 0.878. The Labute approximate surface area is 78.3 Å². The van der Waals surface area contributed by atoms with Gasteiger partial charge < -0.3 is 11.1 Å². The minimum Gasteiger partial charge on any atom is -0.370 e. The zero-order valence-corrected chi connectivity index (χ0v) is 8.17. The Hall–Kier alpha value is -1.10.